The number of aromatic nitrogens is 5. The molecule has 3 atom stereocenters. The standard InChI is InChI=1S/C29H42N10O3/c1-4-5-6-8-21(2)27(41)42-29-15-22(33-29)17-37(20-29)24-9-7-10-39-26(24)32-28(34-39)31-23-16-30-38(18-23)19-25(40)36-13-11-35(3)12-14-36/h7,9-10,16,18,21-22,33H,4-6,8,11-15,17,19-20H2,1-3H3,(H,31,34). The fourth-order valence-electron chi connectivity index (χ4n) is 6.14. The average molecular weight is 579 g/mol. The van der Waals surface area contributed by atoms with Crippen molar-refractivity contribution in [3.05, 3.63) is 30.7 Å². The Bertz CT molecular complexity index is 1410. The number of anilines is 3. The predicted molar refractivity (Wildman–Crippen MR) is 158 cm³/mol. The molecule has 0 radical (unpaired) electrons. The predicted octanol–water partition coefficient (Wildman–Crippen LogP) is 2.08. The lowest BCUT2D eigenvalue weighted by atomic mass is 9.86. The molecule has 0 aromatic carbocycles. The number of piperazine rings is 2. The summed E-state index contributed by atoms with van der Waals surface area (Å²) in [4.78, 5) is 36.7. The Morgan fingerprint density at radius 3 is 2.83 bits per heavy atom. The van der Waals surface area contributed by atoms with Crippen molar-refractivity contribution in [3.8, 4) is 0 Å². The van der Waals surface area contributed by atoms with E-state index in [-0.39, 0.29) is 30.4 Å². The smallest absolute Gasteiger partial charge is 0.310 e. The number of hydrogen-bond donors (Lipinski definition) is 2. The van der Waals surface area contributed by atoms with Gasteiger partial charge in [-0.3, -0.25) is 19.6 Å². The molecule has 0 saturated carbocycles. The number of pyridine rings is 1. The summed E-state index contributed by atoms with van der Waals surface area (Å²) in [5, 5.41) is 15.7. The second-order valence-electron chi connectivity index (χ2n) is 12.1. The summed E-state index contributed by atoms with van der Waals surface area (Å²) >= 11 is 0. The van der Waals surface area contributed by atoms with Crippen molar-refractivity contribution < 1.29 is 14.3 Å². The van der Waals surface area contributed by atoms with Gasteiger partial charge in [-0.2, -0.15) is 10.1 Å². The molecule has 3 aromatic heterocycles. The minimum atomic E-state index is -0.664. The van der Waals surface area contributed by atoms with Crippen LogP contribution in [0.2, 0.25) is 0 Å². The molecule has 7 heterocycles. The molecule has 2 bridgehead atoms. The number of rotatable bonds is 11. The van der Waals surface area contributed by atoms with E-state index in [1.54, 1.807) is 21.6 Å². The van der Waals surface area contributed by atoms with E-state index in [1.807, 2.05) is 30.2 Å². The van der Waals surface area contributed by atoms with Crippen molar-refractivity contribution in [2.45, 2.75) is 64.3 Å². The van der Waals surface area contributed by atoms with Gasteiger partial charge in [-0.1, -0.05) is 33.1 Å². The highest BCUT2D eigenvalue weighted by Crippen LogP contribution is 2.37. The van der Waals surface area contributed by atoms with Gasteiger partial charge in [-0.05, 0) is 25.6 Å². The Balaban J connectivity index is 1.10. The Morgan fingerprint density at radius 1 is 1.24 bits per heavy atom. The first-order valence-electron chi connectivity index (χ1n) is 15.2. The summed E-state index contributed by atoms with van der Waals surface area (Å²) < 4.78 is 9.47. The van der Waals surface area contributed by atoms with E-state index >= 15 is 0 Å². The zero-order valence-electron chi connectivity index (χ0n) is 24.8. The van der Waals surface area contributed by atoms with E-state index in [0.29, 0.717) is 23.8 Å². The lowest BCUT2D eigenvalue weighted by Gasteiger charge is -2.56. The number of hydrogen-bond acceptors (Lipinski definition) is 10. The van der Waals surface area contributed by atoms with E-state index in [9.17, 15) is 9.59 Å². The first-order valence-corrected chi connectivity index (χ1v) is 15.2. The lowest BCUT2D eigenvalue weighted by molar-refractivity contribution is -0.186. The van der Waals surface area contributed by atoms with Gasteiger partial charge < -0.3 is 24.8 Å². The van der Waals surface area contributed by atoms with Crippen LogP contribution in [0.5, 0.6) is 0 Å². The fourth-order valence-corrected chi connectivity index (χ4v) is 6.14. The van der Waals surface area contributed by atoms with E-state index < -0.39 is 5.72 Å². The Hall–Kier alpha value is -3.71. The van der Waals surface area contributed by atoms with Crippen LogP contribution in [0.4, 0.5) is 17.3 Å². The molecule has 4 saturated heterocycles. The minimum absolute atomic E-state index is 0.0664. The maximum Gasteiger partial charge on any atom is 0.310 e. The number of carbonyl (C=O) groups is 2. The van der Waals surface area contributed by atoms with Crippen LogP contribution >= 0.6 is 0 Å². The van der Waals surface area contributed by atoms with Gasteiger partial charge in [0.1, 0.15) is 6.54 Å². The molecular formula is C29H42N10O3. The summed E-state index contributed by atoms with van der Waals surface area (Å²) in [7, 11) is 2.07. The normalized spacial score (nSPS) is 23.1. The third-order valence-corrected chi connectivity index (χ3v) is 8.59. The van der Waals surface area contributed by atoms with Gasteiger partial charge in [0.15, 0.2) is 11.4 Å². The molecule has 42 heavy (non-hydrogen) atoms. The van der Waals surface area contributed by atoms with Gasteiger partial charge in [0.05, 0.1) is 30.0 Å². The first kappa shape index (κ1) is 28.4. The van der Waals surface area contributed by atoms with Crippen molar-refractivity contribution >= 4 is 34.8 Å². The van der Waals surface area contributed by atoms with Gasteiger partial charge in [0, 0.05) is 57.6 Å². The zero-order chi connectivity index (χ0) is 29.3. The number of unbranched alkanes of at least 4 members (excludes halogenated alkanes) is 2. The van der Waals surface area contributed by atoms with Crippen LogP contribution in [0.1, 0.15) is 46.0 Å². The van der Waals surface area contributed by atoms with Gasteiger partial charge in [-0.25, -0.2) is 4.52 Å². The quantitative estimate of drug-likeness (QED) is 0.258. The average Bonchev–Trinajstić information content (AvgIpc) is 3.58. The molecule has 7 rings (SSSR count). The molecule has 4 aliphatic rings. The number of carbonyl (C=O) groups excluding carboxylic acids is 2. The number of likely N-dealkylation sites (N-methyl/N-ethyl adjacent to an activating group) is 1. The lowest BCUT2D eigenvalue weighted by Crippen LogP contribution is -2.77. The topological polar surface area (TPSA) is 125 Å². The second-order valence-corrected chi connectivity index (χ2v) is 12.1. The molecule has 4 fully saturated rings. The molecule has 0 aliphatic carbocycles. The van der Waals surface area contributed by atoms with Crippen molar-refractivity contribution in [2.24, 2.45) is 5.92 Å². The van der Waals surface area contributed by atoms with Crippen molar-refractivity contribution in [2.75, 3.05) is 56.5 Å². The van der Waals surface area contributed by atoms with E-state index in [0.717, 1.165) is 70.5 Å². The summed E-state index contributed by atoms with van der Waals surface area (Å²) in [5.41, 5.74) is 1.70. The molecule has 1 amide bonds. The highest BCUT2D eigenvalue weighted by Gasteiger charge is 2.53. The van der Waals surface area contributed by atoms with Gasteiger partial charge in [-0.15, -0.1) is 5.10 Å². The first-order chi connectivity index (χ1) is 20.3. The summed E-state index contributed by atoms with van der Waals surface area (Å²) in [6.07, 6.45) is 10.3. The summed E-state index contributed by atoms with van der Waals surface area (Å²) in [6.45, 7) is 8.94. The van der Waals surface area contributed by atoms with Gasteiger partial charge >= 0.3 is 5.97 Å². The number of piperidine rings is 1. The number of nitrogens with one attached hydrogen (secondary N) is 2. The number of amides is 1. The molecular weight excluding hydrogens is 536 g/mol. The number of esters is 1. The molecule has 13 nitrogen and oxygen atoms in total. The third kappa shape index (κ3) is 6.07. The summed E-state index contributed by atoms with van der Waals surface area (Å²) in [5.74, 6) is 0.272. The molecule has 0 spiro atoms. The molecule has 226 valence electrons. The zero-order valence-corrected chi connectivity index (χ0v) is 24.8. The van der Waals surface area contributed by atoms with Crippen molar-refractivity contribution in [1.29, 1.82) is 0 Å². The van der Waals surface area contributed by atoms with Crippen molar-refractivity contribution in [1.82, 2.24) is 39.5 Å². The van der Waals surface area contributed by atoms with E-state index in [1.165, 1.54) is 0 Å². The van der Waals surface area contributed by atoms with Crippen LogP contribution in [-0.2, 0) is 20.9 Å². The molecule has 3 unspecified atom stereocenters. The maximum absolute atomic E-state index is 12.9. The van der Waals surface area contributed by atoms with Crippen LogP contribution in [0, 0.1) is 5.92 Å². The minimum Gasteiger partial charge on any atom is -0.442 e. The number of ether oxygens (including phenoxy) is 1. The fraction of sp³-hybridized carbons (Fsp3) is 0.621. The monoisotopic (exact) mass is 578 g/mol. The molecule has 13 heteroatoms. The van der Waals surface area contributed by atoms with Gasteiger partial charge in [0.2, 0.25) is 11.9 Å². The van der Waals surface area contributed by atoms with Crippen LogP contribution < -0.4 is 15.5 Å². The van der Waals surface area contributed by atoms with Crippen molar-refractivity contribution in [3.63, 3.8) is 0 Å². The van der Waals surface area contributed by atoms with Crippen LogP contribution in [-0.4, -0.2) is 104 Å². The SMILES string of the molecule is CCCCCC(C)C(=O)OC12CC(CN(c3cccn4nc(Nc5cnn(CC(=O)N6CCN(C)CC6)c5)nc34)C1)N2. The molecule has 3 aromatic rings. The van der Waals surface area contributed by atoms with E-state index in [4.69, 9.17) is 9.72 Å². The van der Waals surface area contributed by atoms with E-state index in [2.05, 4.69) is 44.6 Å². The van der Waals surface area contributed by atoms with Crippen LogP contribution in [0.3, 0.4) is 0 Å². The Kier molecular flexibility index (Phi) is 8.04. The highest BCUT2D eigenvalue weighted by atomic mass is 16.6. The maximum atomic E-state index is 12.9. The molecule has 2 N–H and O–H groups in total. The Labute approximate surface area is 246 Å². The number of fused-ring (bicyclic) bond motifs is 3. The third-order valence-electron chi connectivity index (χ3n) is 8.59. The highest BCUT2D eigenvalue weighted by molar-refractivity contribution is 5.76. The number of nitrogens with zero attached hydrogens (tertiary/aromatic N) is 8. The Morgan fingerprint density at radius 2 is 2.05 bits per heavy atom. The van der Waals surface area contributed by atoms with Crippen LogP contribution in [0.25, 0.3) is 5.65 Å². The van der Waals surface area contributed by atoms with Crippen LogP contribution in [0.15, 0.2) is 30.7 Å². The second kappa shape index (κ2) is 11.9. The molecule has 4 aliphatic heterocycles. The summed E-state index contributed by atoms with van der Waals surface area (Å²) in [6, 6.07) is 4.23. The largest absolute Gasteiger partial charge is 0.442 e. The van der Waals surface area contributed by atoms with Gasteiger partial charge in [0.25, 0.3) is 0 Å².